The van der Waals surface area contributed by atoms with Crippen LogP contribution in [-0.4, -0.2) is 22.0 Å². The first-order valence-electron chi connectivity index (χ1n) is 5.87. The molecule has 0 atom stereocenters. The summed E-state index contributed by atoms with van der Waals surface area (Å²) in [6.45, 7) is 0. The molecule has 1 aromatic carbocycles. The maximum atomic E-state index is 11.6. The molecule has 2 aromatic rings. The molecule has 2 rings (SSSR count). The van der Waals surface area contributed by atoms with Crippen molar-refractivity contribution in [3.8, 4) is 0 Å². The molecule has 2 N–H and O–H groups in total. The molecule has 0 saturated heterocycles. The number of aliphatic carboxylic acids is 1. The van der Waals surface area contributed by atoms with Crippen molar-refractivity contribution in [2.75, 3.05) is 0 Å². The van der Waals surface area contributed by atoms with Gasteiger partial charge in [0.2, 0.25) is 11.5 Å². The van der Waals surface area contributed by atoms with Crippen LogP contribution in [0.15, 0.2) is 58.7 Å². The molecule has 20 heavy (non-hydrogen) atoms. The average Bonchev–Trinajstić information content (AvgIpc) is 2.88. The Morgan fingerprint density at radius 2 is 1.75 bits per heavy atom. The molecule has 0 radical (unpaired) electrons. The van der Waals surface area contributed by atoms with Crippen molar-refractivity contribution in [2.24, 2.45) is 0 Å². The number of carboxylic acid groups (broad SMARTS) is 1. The third kappa shape index (κ3) is 3.35. The molecule has 0 aliphatic heterocycles. The fourth-order valence-corrected chi connectivity index (χ4v) is 1.66. The van der Waals surface area contributed by atoms with E-state index >= 15 is 0 Å². The molecule has 0 bridgehead atoms. The van der Waals surface area contributed by atoms with Gasteiger partial charge in [-0.05, 0) is 17.7 Å². The number of carbonyl (C=O) groups is 2. The summed E-state index contributed by atoms with van der Waals surface area (Å²) in [4.78, 5) is 22.0. The van der Waals surface area contributed by atoms with Crippen LogP contribution in [0.4, 0.5) is 0 Å². The first-order valence-corrected chi connectivity index (χ1v) is 5.87. The first kappa shape index (κ1) is 13.6. The zero-order valence-corrected chi connectivity index (χ0v) is 10.4. The molecule has 0 saturated carbocycles. The van der Waals surface area contributed by atoms with Crippen molar-refractivity contribution >= 4 is 11.8 Å². The number of furan rings is 1. The quantitative estimate of drug-likeness (QED) is 0.496. The fraction of sp³-hybridized carbons (Fsp3) is 0.0667. The smallest absolute Gasteiger partial charge is 0.371 e. The lowest BCUT2D eigenvalue weighted by Crippen LogP contribution is -2.03. The lowest BCUT2D eigenvalue weighted by atomic mass is 10.1. The number of aliphatic hydroxyl groups excluding tert-OH is 1. The molecule has 5 nitrogen and oxygen atoms in total. The summed E-state index contributed by atoms with van der Waals surface area (Å²) < 4.78 is 5.33. The number of rotatable bonds is 5. The summed E-state index contributed by atoms with van der Waals surface area (Å²) in [5.74, 6) is -2.69. The highest BCUT2D eigenvalue weighted by molar-refractivity contribution is 6.06. The average molecular weight is 272 g/mol. The summed E-state index contributed by atoms with van der Waals surface area (Å²) in [5, 5.41) is 17.5. The second-order valence-corrected chi connectivity index (χ2v) is 4.13. The van der Waals surface area contributed by atoms with E-state index < -0.39 is 17.5 Å². The highest BCUT2D eigenvalue weighted by Crippen LogP contribution is 2.14. The standard InChI is InChI=1S/C15H12O5/c16-12(9-13(17)15(18)19)14-7-6-11(20-14)8-10-4-2-1-3-5-10/h1-7,9,17H,8H2,(H,18,19). The first-order chi connectivity index (χ1) is 9.56. The Morgan fingerprint density at radius 1 is 1.05 bits per heavy atom. The Hall–Kier alpha value is -2.82. The molecular formula is C15H12O5. The second-order valence-electron chi connectivity index (χ2n) is 4.13. The number of aliphatic hydroxyl groups is 1. The van der Waals surface area contributed by atoms with Crippen LogP contribution in [0.3, 0.4) is 0 Å². The van der Waals surface area contributed by atoms with Gasteiger partial charge in [0.05, 0.1) is 0 Å². The van der Waals surface area contributed by atoms with E-state index in [2.05, 4.69) is 0 Å². The van der Waals surface area contributed by atoms with Gasteiger partial charge in [-0.15, -0.1) is 0 Å². The Kier molecular flexibility index (Phi) is 4.00. The van der Waals surface area contributed by atoms with Gasteiger partial charge in [0.15, 0.2) is 5.76 Å². The molecule has 1 aromatic heterocycles. The van der Waals surface area contributed by atoms with Gasteiger partial charge in [0.1, 0.15) is 5.76 Å². The van der Waals surface area contributed by atoms with Gasteiger partial charge in [-0.2, -0.15) is 0 Å². The number of hydrogen-bond acceptors (Lipinski definition) is 4. The van der Waals surface area contributed by atoms with Crippen molar-refractivity contribution in [3.63, 3.8) is 0 Å². The SMILES string of the molecule is O=C(O)C(O)=CC(=O)c1ccc(Cc2ccccc2)o1. The lowest BCUT2D eigenvalue weighted by Gasteiger charge is -1.97. The molecule has 5 heteroatoms. The summed E-state index contributed by atoms with van der Waals surface area (Å²) in [7, 11) is 0. The maximum absolute atomic E-state index is 11.6. The van der Waals surface area contributed by atoms with Gasteiger partial charge in [0, 0.05) is 12.5 Å². The van der Waals surface area contributed by atoms with Crippen molar-refractivity contribution in [1.29, 1.82) is 0 Å². The highest BCUT2D eigenvalue weighted by Gasteiger charge is 2.13. The van der Waals surface area contributed by atoms with Crippen molar-refractivity contribution in [2.45, 2.75) is 6.42 Å². The van der Waals surface area contributed by atoms with E-state index in [-0.39, 0.29) is 5.76 Å². The van der Waals surface area contributed by atoms with Crippen LogP contribution in [0, 0.1) is 0 Å². The predicted molar refractivity (Wildman–Crippen MR) is 70.6 cm³/mol. The molecule has 0 amide bonds. The molecule has 102 valence electrons. The predicted octanol–water partition coefficient (Wildman–Crippen LogP) is 2.58. The summed E-state index contributed by atoms with van der Waals surface area (Å²) in [6, 6.07) is 12.7. The van der Waals surface area contributed by atoms with Crippen LogP contribution in [-0.2, 0) is 11.2 Å². The molecule has 0 unspecified atom stereocenters. The van der Waals surface area contributed by atoms with E-state index in [9.17, 15) is 9.59 Å². The number of carbonyl (C=O) groups excluding carboxylic acids is 1. The Morgan fingerprint density at radius 3 is 2.40 bits per heavy atom. The lowest BCUT2D eigenvalue weighted by molar-refractivity contribution is -0.135. The number of benzene rings is 1. The topological polar surface area (TPSA) is 87.7 Å². The van der Waals surface area contributed by atoms with Gasteiger partial charge in [-0.3, -0.25) is 4.79 Å². The van der Waals surface area contributed by atoms with Crippen molar-refractivity contribution in [1.82, 2.24) is 0 Å². The number of allylic oxidation sites excluding steroid dienone is 1. The Balaban J connectivity index is 2.11. The van der Waals surface area contributed by atoms with E-state index in [1.807, 2.05) is 30.3 Å². The van der Waals surface area contributed by atoms with Crippen LogP contribution >= 0.6 is 0 Å². The third-order valence-electron chi connectivity index (χ3n) is 2.61. The normalized spacial score (nSPS) is 11.3. The summed E-state index contributed by atoms with van der Waals surface area (Å²) >= 11 is 0. The van der Waals surface area contributed by atoms with Crippen molar-refractivity contribution < 1.29 is 24.2 Å². The molecule has 1 heterocycles. The van der Waals surface area contributed by atoms with Crippen LogP contribution in [0.2, 0.25) is 0 Å². The maximum Gasteiger partial charge on any atom is 0.371 e. The van der Waals surface area contributed by atoms with Gasteiger partial charge in [-0.1, -0.05) is 30.3 Å². The van der Waals surface area contributed by atoms with E-state index in [4.69, 9.17) is 14.6 Å². The van der Waals surface area contributed by atoms with E-state index in [1.165, 1.54) is 6.07 Å². The monoisotopic (exact) mass is 272 g/mol. The Bertz CT molecular complexity index is 652. The summed E-state index contributed by atoms with van der Waals surface area (Å²) in [5.41, 5.74) is 1.03. The van der Waals surface area contributed by atoms with Crippen LogP contribution in [0.25, 0.3) is 0 Å². The van der Waals surface area contributed by atoms with Crippen LogP contribution in [0.1, 0.15) is 21.9 Å². The van der Waals surface area contributed by atoms with E-state index in [1.54, 1.807) is 6.07 Å². The fourth-order valence-electron chi connectivity index (χ4n) is 1.66. The molecular weight excluding hydrogens is 260 g/mol. The number of hydrogen-bond donors (Lipinski definition) is 2. The van der Waals surface area contributed by atoms with E-state index in [0.717, 1.165) is 5.56 Å². The number of ketones is 1. The third-order valence-corrected chi connectivity index (χ3v) is 2.61. The van der Waals surface area contributed by atoms with Gasteiger partial charge < -0.3 is 14.6 Å². The second kappa shape index (κ2) is 5.88. The number of carboxylic acids is 1. The van der Waals surface area contributed by atoms with Crippen LogP contribution < -0.4 is 0 Å². The summed E-state index contributed by atoms with van der Waals surface area (Å²) in [6.07, 6.45) is 1.15. The zero-order chi connectivity index (χ0) is 14.5. The van der Waals surface area contributed by atoms with Gasteiger partial charge >= 0.3 is 5.97 Å². The largest absolute Gasteiger partial charge is 0.502 e. The van der Waals surface area contributed by atoms with E-state index in [0.29, 0.717) is 18.3 Å². The van der Waals surface area contributed by atoms with Crippen LogP contribution in [0.5, 0.6) is 0 Å². The molecule has 0 aliphatic rings. The molecule has 0 aliphatic carbocycles. The van der Waals surface area contributed by atoms with Gasteiger partial charge in [0.25, 0.3) is 0 Å². The van der Waals surface area contributed by atoms with Gasteiger partial charge in [-0.25, -0.2) is 4.79 Å². The minimum Gasteiger partial charge on any atom is -0.502 e. The molecule has 0 fully saturated rings. The zero-order valence-electron chi connectivity index (χ0n) is 10.4. The minimum absolute atomic E-state index is 0.0104. The minimum atomic E-state index is -1.56. The highest BCUT2D eigenvalue weighted by atomic mass is 16.4. The molecule has 0 spiro atoms. The van der Waals surface area contributed by atoms with Crippen molar-refractivity contribution in [3.05, 3.63) is 71.4 Å². The Labute approximate surface area is 114 Å².